The topological polar surface area (TPSA) is 49.4 Å². The van der Waals surface area contributed by atoms with Crippen molar-refractivity contribution in [2.75, 3.05) is 33.4 Å². The van der Waals surface area contributed by atoms with E-state index in [0.717, 1.165) is 13.0 Å². The standard InChI is InChI=1S/C16H25NO5.2U/c1-4-15-8-19-14(7-20-15)12(15)5-17(3)22-10-16-9-18-13(6-21-16)11(16)2;;/h6-7,11-14H,4-5,8-10H2,1-3H3;;/q-2;;/t11-,12-,13-,14-,15-,16+;;/m0../s1. The molecular formula is C16H25NO5U2-2. The van der Waals surface area contributed by atoms with Crippen LogP contribution in [0.1, 0.15) is 20.3 Å². The van der Waals surface area contributed by atoms with E-state index in [-0.39, 0.29) is 85.6 Å². The summed E-state index contributed by atoms with van der Waals surface area (Å²) in [6.45, 7) is 10.5. The van der Waals surface area contributed by atoms with Gasteiger partial charge in [0.05, 0.1) is 31.0 Å². The van der Waals surface area contributed by atoms with Crippen molar-refractivity contribution in [3.05, 3.63) is 13.2 Å². The third kappa shape index (κ3) is 3.60. The van der Waals surface area contributed by atoms with Gasteiger partial charge in [-0.25, -0.2) is 0 Å². The van der Waals surface area contributed by atoms with Gasteiger partial charge in [-0.15, -0.1) is 0 Å². The van der Waals surface area contributed by atoms with Crippen molar-refractivity contribution in [3.8, 4) is 0 Å². The number of hydrogen-bond donors (Lipinski definition) is 0. The van der Waals surface area contributed by atoms with Gasteiger partial charge < -0.3 is 18.9 Å². The first-order chi connectivity index (χ1) is 10.6. The van der Waals surface area contributed by atoms with E-state index in [1.807, 2.05) is 18.7 Å². The van der Waals surface area contributed by atoms with E-state index in [1.54, 1.807) is 6.61 Å². The molecule has 4 heterocycles. The van der Waals surface area contributed by atoms with Crippen molar-refractivity contribution in [1.29, 1.82) is 0 Å². The van der Waals surface area contributed by atoms with Gasteiger partial charge in [-0.05, 0) is 24.5 Å². The first-order valence-corrected chi connectivity index (χ1v) is 8.18. The van der Waals surface area contributed by atoms with Crippen LogP contribution in [0.5, 0.6) is 0 Å². The molecule has 134 valence electrons. The fraction of sp³-hybridized carbons (Fsp3) is 0.875. The van der Waals surface area contributed by atoms with Gasteiger partial charge in [-0.3, -0.25) is 4.84 Å². The molecule has 0 spiro atoms. The number of hydrogen-bond acceptors (Lipinski definition) is 6. The predicted molar refractivity (Wildman–Crippen MR) is 77.2 cm³/mol. The Morgan fingerprint density at radius 2 is 1.71 bits per heavy atom. The van der Waals surface area contributed by atoms with E-state index < -0.39 is 0 Å². The largest absolute Gasteiger partial charge is 0.543 e. The first kappa shape index (κ1) is 22.2. The summed E-state index contributed by atoms with van der Waals surface area (Å²) < 4.78 is 23.1. The molecular weight excluding hydrogens is 762 g/mol. The van der Waals surface area contributed by atoms with Crippen molar-refractivity contribution >= 4 is 0 Å². The molecule has 0 aromatic heterocycles. The normalized spacial score (nSPS) is 45.5. The fourth-order valence-electron chi connectivity index (χ4n) is 4.01. The quantitative estimate of drug-likeness (QED) is 0.298. The Morgan fingerprint density at radius 1 is 1.08 bits per heavy atom. The SMILES string of the molecule is CC[C@@]12CO[C@@H]([CH-]O1)[C@@H]2CN(C)OC[C@@]12CO[C@@H]([CH-]O1)[C@@H]2C.[U].[U]. The van der Waals surface area contributed by atoms with Crippen LogP contribution in [0.4, 0.5) is 0 Å². The molecule has 0 saturated carbocycles. The summed E-state index contributed by atoms with van der Waals surface area (Å²) in [5.74, 6) is 0.659. The Kier molecular flexibility index (Phi) is 7.83. The second kappa shape index (κ2) is 8.48. The van der Waals surface area contributed by atoms with Crippen molar-refractivity contribution in [3.63, 3.8) is 0 Å². The third-order valence-electron chi connectivity index (χ3n) is 5.89. The van der Waals surface area contributed by atoms with Crippen LogP contribution in [0.25, 0.3) is 0 Å². The minimum absolute atomic E-state index is 0. The maximum Gasteiger partial charge on any atom is 0.0972 e. The van der Waals surface area contributed by atoms with Crippen molar-refractivity contribution in [2.45, 2.75) is 43.7 Å². The molecule has 4 fully saturated rings. The van der Waals surface area contributed by atoms with Crippen LogP contribution in [0.15, 0.2) is 0 Å². The number of fused-ring (bicyclic) bond motifs is 4. The van der Waals surface area contributed by atoms with E-state index in [0.29, 0.717) is 31.7 Å². The van der Waals surface area contributed by atoms with Gasteiger partial charge >= 0.3 is 0 Å². The summed E-state index contributed by atoms with van der Waals surface area (Å²) in [5.41, 5.74) is -0.498. The average Bonchev–Trinajstić information content (AvgIpc) is 3.25. The summed E-state index contributed by atoms with van der Waals surface area (Å²) in [6.07, 6.45) is 1.14. The maximum absolute atomic E-state index is 5.98. The summed E-state index contributed by atoms with van der Waals surface area (Å²) in [5, 5.41) is 1.90. The molecule has 0 aromatic rings. The van der Waals surface area contributed by atoms with Gasteiger partial charge in [0.1, 0.15) is 0 Å². The van der Waals surface area contributed by atoms with Crippen LogP contribution >= 0.6 is 0 Å². The molecule has 0 unspecified atom stereocenters. The first-order valence-electron chi connectivity index (χ1n) is 8.18. The van der Waals surface area contributed by atoms with E-state index in [9.17, 15) is 0 Å². The molecule has 0 amide bonds. The van der Waals surface area contributed by atoms with Gasteiger partial charge in [0.2, 0.25) is 0 Å². The second-order valence-electron chi connectivity index (χ2n) is 7.02. The van der Waals surface area contributed by atoms with Crippen molar-refractivity contribution in [2.24, 2.45) is 11.8 Å². The van der Waals surface area contributed by atoms with Crippen LogP contribution in [0.3, 0.4) is 0 Å². The molecule has 4 aliphatic rings. The minimum Gasteiger partial charge on any atom is -0.543 e. The summed E-state index contributed by atoms with van der Waals surface area (Å²) >= 11 is 0. The van der Waals surface area contributed by atoms with Gasteiger partial charge in [-0.2, -0.15) is 18.3 Å². The molecule has 24 heavy (non-hydrogen) atoms. The molecule has 0 N–H and O–H groups in total. The Bertz CT molecular complexity index is 425. The summed E-state index contributed by atoms with van der Waals surface area (Å²) in [6, 6.07) is 0. The minimum atomic E-state index is -0.324. The van der Waals surface area contributed by atoms with Gasteiger partial charge in [-0.1, -0.05) is 13.8 Å². The Labute approximate surface area is 191 Å². The number of nitrogens with zero attached hydrogens (tertiary/aromatic N) is 1. The van der Waals surface area contributed by atoms with Crippen LogP contribution in [-0.2, 0) is 23.8 Å². The summed E-state index contributed by atoms with van der Waals surface area (Å²) in [4.78, 5) is 5.98. The van der Waals surface area contributed by atoms with Crippen molar-refractivity contribution in [1.82, 2.24) is 5.06 Å². The molecule has 0 aliphatic carbocycles. The fourth-order valence-corrected chi connectivity index (χ4v) is 4.01. The molecule has 4 rings (SSSR count). The Morgan fingerprint density at radius 3 is 2.21 bits per heavy atom. The molecule has 6 atom stereocenters. The number of ether oxygens (including phenoxy) is 4. The molecule has 8 heteroatoms. The zero-order valence-electron chi connectivity index (χ0n) is 14.5. The summed E-state index contributed by atoms with van der Waals surface area (Å²) in [7, 11) is 1.97. The average molecular weight is 787 g/mol. The van der Waals surface area contributed by atoms with Gasteiger partial charge in [0.15, 0.2) is 0 Å². The van der Waals surface area contributed by atoms with Crippen LogP contribution < -0.4 is 0 Å². The Balaban J connectivity index is 0.00000104. The monoisotopic (exact) mass is 787 g/mol. The van der Waals surface area contributed by atoms with E-state index in [4.69, 9.17) is 23.8 Å². The Hall–Kier alpha value is 1.86. The van der Waals surface area contributed by atoms with Gasteiger partial charge in [0, 0.05) is 81.7 Å². The van der Waals surface area contributed by atoms with Crippen molar-refractivity contribution < 1.29 is 86.0 Å². The maximum atomic E-state index is 5.98. The van der Waals surface area contributed by atoms with Crippen LogP contribution in [-0.4, -0.2) is 61.9 Å². The van der Waals surface area contributed by atoms with E-state index >= 15 is 0 Å². The number of rotatable bonds is 6. The molecule has 0 aromatic carbocycles. The third-order valence-corrected chi connectivity index (χ3v) is 5.89. The molecule has 0 radical (unpaired) electrons. The van der Waals surface area contributed by atoms with E-state index in [2.05, 4.69) is 13.8 Å². The molecule has 4 aliphatic heterocycles. The zero-order valence-corrected chi connectivity index (χ0v) is 22.8. The molecule has 4 bridgehead atoms. The van der Waals surface area contributed by atoms with Crippen LogP contribution in [0, 0.1) is 87.3 Å². The van der Waals surface area contributed by atoms with Gasteiger partial charge in [0.25, 0.3) is 0 Å². The predicted octanol–water partition coefficient (Wildman–Crippen LogP) is 1.17. The van der Waals surface area contributed by atoms with Crippen LogP contribution in [0.2, 0.25) is 0 Å². The van der Waals surface area contributed by atoms with E-state index in [1.165, 1.54) is 0 Å². The second-order valence-corrected chi connectivity index (χ2v) is 7.02. The number of hydroxylamine groups is 2. The molecule has 4 saturated heterocycles. The molecule has 6 nitrogen and oxygen atoms in total. The zero-order chi connectivity index (χ0) is 15.4. The smallest absolute Gasteiger partial charge is 0.0972 e.